The number of anilines is 2. The number of halogens is 1. The molecule has 0 atom stereocenters. The van der Waals surface area contributed by atoms with Crippen LogP contribution in [0.1, 0.15) is 104 Å². The zero-order valence-electron chi connectivity index (χ0n) is 33.8. The molecule has 3 aliphatic heterocycles. The summed E-state index contributed by atoms with van der Waals surface area (Å²) >= 11 is 3.49. The van der Waals surface area contributed by atoms with E-state index in [4.69, 9.17) is 28.3 Å². The molecule has 5 aliphatic rings. The molecular weight excluding hydrogens is 751 g/mol. The minimum Gasteiger partial charge on any atom is -0.495 e. The summed E-state index contributed by atoms with van der Waals surface area (Å²) in [6.45, 7) is 16.5. The maximum Gasteiger partial charge on any atom is 0.461 e. The fraction of sp³-hybridized carbons (Fsp3) is 0.667. The van der Waals surface area contributed by atoms with Crippen LogP contribution < -0.4 is 19.3 Å². The van der Waals surface area contributed by atoms with Gasteiger partial charge in [0.05, 0.1) is 61.8 Å². The van der Waals surface area contributed by atoms with Crippen LogP contribution in [-0.4, -0.2) is 83.9 Å². The Morgan fingerprint density at radius 1 is 0.704 bits per heavy atom. The number of carbonyl (C=O) groups excluding carboxylic acids is 2. The van der Waals surface area contributed by atoms with Crippen LogP contribution >= 0.6 is 15.9 Å². The van der Waals surface area contributed by atoms with Crippen LogP contribution in [0, 0.1) is 11.8 Å². The minimum absolute atomic E-state index is 0.0318. The van der Waals surface area contributed by atoms with E-state index in [0.29, 0.717) is 19.0 Å². The van der Waals surface area contributed by atoms with Gasteiger partial charge in [-0.3, -0.25) is 9.59 Å². The molecule has 2 aliphatic carbocycles. The zero-order chi connectivity index (χ0) is 39.0. The number of benzene rings is 2. The van der Waals surface area contributed by atoms with E-state index in [0.717, 1.165) is 79.4 Å². The van der Waals surface area contributed by atoms with Gasteiger partial charge >= 0.3 is 19.1 Å². The largest absolute Gasteiger partial charge is 0.495 e. The Morgan fingerprint density at radius 2 is 1.15 bits per heavy atom. The predicted octanol–water partition coefficient (Wildman–Crippen LogP) is 8.83. The van der Waals surface area contributed by atoms with Crippen LogP contribution in [0.4, 0.5) is 11.4 Å². The zero-order valence-corrected chi connectivity index (χ0v) is 35.4. The molecule has 0 amide bonds. The van der Waals surface area contributed by atoms with Gasteiger partial charge in [0.15, 0.2) is 0 Å². The Balaban J connectivity index is 0.000000162. The average Bonchev–Trinajstić information content (AvgIpc) is 4.10. The minimum atomic E-state index is -0.139. The summed E-state index contributed by atoms with van der Waals surface area (Å²) in [6, 6.07) is 12.5. The lowest BCUT2D eigenvalue weighted by Crippen LogP contribution is -2.41. The third-order valence-electron chi connectivity index (χ3n) is 11.6. The van der Waals surface area contributed by atoms with Crippen molar-refractivity contribution < 1.29 is 37.8 Å². The van der Waals surface area contributed by atoms with Gasteiger partial charge in [-0.25, -0.2) is 0 Å². The van der Waals surface area contributed by atoms with Crippen molar-refractivity contribution in [3.8, 4) is 11.5 Å². The number of carbonyl (C=O) groups is 2. The summed E-state index contributed by atoms with van der Waals surface area (Å²) < 4.78 is 33.9. The third-order valence-corrected chi connectivity index (χ3v) is 12.1. The molecule has 0 spiro atoms. The van der Waals surface area contributed by atoms with Crippen molar-refractivity contribution in [2.45, 2.75) is 116 Å². The second-order valence-electron chi connectivity index (χ2n) is 16.0. The van der Waals surface area contributed by atoms with Crippen molar-refractivity contribution >= 4 is 46.4 Å². The summed E-state index contributed by atoms with van der Waals surface area (Å²) in [6.07, 6.45) is 8.52. The molecule has 0 N–H and O–H groups in total. The molecule has 0 bridgehead atoms. The van der Waals surface area contributed by atoms with E-state index in [1.807, 2.05) is 26.0 Å². The van der Waals surface area contributed by atoms with Crippen LogP contribution in [0.15, 0.2) is 40.9 Å². The quantitative estimate of drug-likeness (QED) is 0.171. The average molecular weight is 814 g/mol. The number of methoxy groups -OCH3 is 2. The molecule has 54 heavy (non-hydrogen) atoms. The molecule has 5 fully saturated rings. The van der Waals surface area contributed by atoms with Crippen LogP contribution in [-0.2, 0) is 28.4 Å². The van der Waals surface area contributed by atoms with Crippen LogP contribution in [0.3, 0.4) is 0 Å². The van der Waals surface area contributed by atoms with Crippen molar-refractivity contribution in [2.24, 2.45) is 11.8 Å². The number of hydrogen-bond acceptors (Lipinski definition) is 10. The molecule has 0 aromatic heterocycles. The highest BCUT2D eigenvalue weighted by molar-refractivity contribution is 9.10. The fourth-order valence-corrected chi connectivity index (χ4v) is 7.57. The van der Waals surface area contributed by atoms with Crippen molar-refractivity contribution in [3.63, 3.8) is 0 Å². The smallest absolute Gasteiger partial charge is 0.461 e. The summed E-state index contributed by atoms with van der Waals surface area (Å²) in [5, 5.41) is 0. The van der Waals surface area contributed by atoms with Crippen LogP contribution in [0.2, 0.25) is 5.82 Å². The Bertz CT molecular complexity index is 1530. The number of esters is 2. The lowest BCUT2D eigenvalue weighted by atomic mass is 9.82. The fourth-order valence-electron chi connectivity index (χ4n) is 7.22. The van der Waals surface area contributed by atoms with E-state index in [-0.39, 0.29) is 42.1 Å². The first kappa shape index (κ1) is 42.2. The first-order chi connectivity index (χ1) is 25.8. The van der Waals surface area contributed by atoms with Gasteiger partial charge in [0.1, 0.15) is 11.5 Å². The third kappa shape index (κ3) is 10.9. The highest BCUT2D eigenvalue weighted by Gasteiger charge is 2.56. The molecule has 298 valence electrons. The highest BCUT2D eigenvalue weighted by atomic mass is 79.9. The van der Waals surface area contributed by atoms with Gasteiger partial charge in [-0.1, -0.05) is 34.8 Å². The van der Waals surface area contributed by atoms with Crippen molar-refractivity contribution in [1.29, 1.82) is 0 Å². The number of hydrogen-bond donors (Lipinski definition) is 0. The van der Waals surface area contributed by atoms with E-state index in [1.54, 1.807) is 14.2 Å². The SMILES string of the molecule is CC1(C)OB(C2CC2)OC1(C)C.CCOC(=O)C1CCN(c2cc(Br)ccc2OC)CC1.CCOC(=O)C1CCN(c2cc(C3CC3)ccc2OC)CC1. The molecule has 2 saturated carbocycles. The molecular formula is C42H62BBrN2O8. The van der Waals surface area contributed by atoms with Crippen molar-refractivity contribution in [1.82, 2.24) is 0 Å². The maximum atomic E-state index is 11.9. The van der Waals surface area contributed by atoms with Gasteiger partial charge in [-0.15, -0.1) is 0 Å². The number of rotatable bonds is 10. The number of nitrogens with zero attached hydrogens (tertiary/aromatic N) is 2. The summed E-state index contributed by atoms with van der Waals surface area (Å²) in [4.78, 5) is 28.2. The molecule has 12 heteroatoms. The van der Waals surface area contributed by atoms with E-state index in [9.17, 15) is 9.59 Å². The van der Waals surface area contributed by atoms with Gasteiger partial charge < -0.3 is 38.1 Å². The van der Waals surface area contributed by atoms with E-state index in [1.165, 1.54) is 36.9 Å². The second kappa shape index (κ2) is 18.8. The molecule has 2 aromatic rings. The van der Waals surface area contributed by atoms with Gasteiger partial charge in [-0.05, 0) is 128 Å². The normalized spacial score (nSPS) is 20.9. The molecule has 7 rings (SSSR count). The number of piperidine rings is 2. The Hall–Kier alpha value is -2.96. The highest BCUT2D eigenvalue weighted by Crippen LogP contribution is 2.48. The second-order valence-corrected chi connectivity index (χ2v) is 16.9. The monoisotopic (exact) mass is 812 g/mol. The lowest BCUT2D eigenvalue weighted by Gasteiger charge is -2.33. The summed E-state index contributed by atoms with van der Waals surface area (Å²) in [5.41, 5.74) is 3.39. The maximum absolute atomic E-state index is 11.9. The molecule has 2 aromatic carbocycles. The van der Waals surface area contributed by atoms with Gasteiger partial charge in [0.25, 0.3) is 0 Å². The standard InChI is InChI=1S/C18H25NO3.C15H20BrNO3.C9H17BO2/c1-3-22-18(20)14-8-10-19(11-9-14)16-12-15(13-4-5-13)6-7-17(16)21-2;1-3-20-15(18)11-6-8-17(9-7-11)13-10-12(16)4-5-14(13)19-2;1-8(2)9(3,4)12-10(11-8)7-5-6-7/h6-7,12-14H,3-5,8-11H2,1-2H3;4-5,10-11H,3,6-9H2,1-2H3;7H,5-6H2,1-4H3. The first-order valence-corrected chi connectivity index (χ1v) is 20.8. The van der Waals surface area contributed by atoms with Gasteiger partial charge in [0.2, 0.25) is 0 Å². The Morgan fingerprint density at radius 3 is 1.56 bits per heavy atom. The molecule has 0 unspecified atom stereocenters. The first-order valence-electron chi connectivity index (χ1n) is 20.0. The molecule has 3 saturated heterocycles. The number of ether oxygens (including phenoxy) is 4. The van der Waals surface area contributed by atoms with E-state index < -0.39 is 0 Å². The van der Waals surface area contributed by atoms with E-state index >= 15 is 0 Å². The Kier molecular flexibility index (Phi) is 14.7. The van der Waals surface area contributed by atoms with Crippen LogP contribution in [0.5, 0.6) is 11.5 Å². The van der Waals surface area contributed by atoms with Gasteiger partial charge in [0, 0.05) is 30.7 Å². The summed E-state index contributed by atoms with van der Waals surface area (Å²) in [5.74, 6) is 3.18. The summed E-state index contributed by atoms with van der Waals surface area (Å²) in [7, 11) is 3.47. The molecule has 0 radical (unpaired) electrons. The molecule has 10 nitrogen and oxygen atoms in total. The van der Waals surface area contributed by atoms with Gasteiger partial charge in [-0.2, -0.15) is 0 Å². The van der Waals surface area contributed by atoms with Crippen molar-refractivity contribution in [2.75, 3.05) is 63.4 Å². The van der Waals surface area contributed by atoms with Crippen molar-refractivity contribution in [3.05, 3.63) is 46.4 Å². The Labute approximate surface area is 332 Å². The predicted molar refractivity (Wildman–Crippen MR) is 218 cm³/mol. The topological polar surface area (TPSA) is 96.0 Å². The molecule has 3 heterocycles. The van der Waals surface area contributed by atoms with E-state index in [2.05, 4.69) is 77.7 Å². The lowest BCUT2D eigenvalue weighted by molar-refractivity contribution is -0.149. The van der Waals surface area contributed by atoms with Crippen LogP contribution in [0.25, 0.3) is 0 Å².